The number of ether oxygens (including phenoxy) is 2. The van der Waals surface area contributed by atoms with E-state index in [2.05, 4.69) is 117 Å². The molecule has 0 spiro atoms. The Labute approximate surface area is 333 Å². The van der Waals surface area contributed by atoms with E-state index in [-0.39, 0.29) is 32.6 Å². The van der Waals surface area contributed by atoms with Crippen LogP contribution in [0, 0.1) is 0 Å². The molecule has 0 aliphatic carbocycles. The van der Waals surface area contributed by atoms with Crippen LogP contribution >= 0.6 is 7.82 Å². The molecule has 0 saturated carbocycles. The van der Waals surface area contributed by atoms with Gasteiger partial charge in [-0.25, -0.2) is 4.57 Å². The van der Waals surface area contributed by atoms with Gasteiger partial charge in [0.25, 0.3) is 0 Å². The van der Waals surface area contributed by atoms with Gasteiger partial charge in [-0.15, -0.1) is 0 Å². The summed E-state index contributed by atoms with van der Waals surface area (Å²) in [5, 5.41) is 0. The van der Waals surface area contributed by atoms with Crippen molar-refractivity contribution in [3.05, 3.63) is 109 Å². The van der Waals surface area contributed by atoms with Gasteiger partial charge >= 0.3 is 19.8 Å². The number of hydrogen-bond acceptors (Lipinski definition) is 8. The minimum absolute atomic E-state index is 0.0340. The van der Waals surface area contributed by atoms with E-state index in [0.29, 0.717) is 19.3 Å². The number of allylic oxidation sites excluding steroid dienone is 18. The van der Waals surface area contributed by atoms with Crippen LogP contribution in [0.1, 0.15) is 129 Å². The third kappa shape index (κ3) is 40.2. The van der Waals surface area contributed by atoms with E-state index >= 15 is 0 Å². The van der Waals surface area contributed by atoms with E-state index in [0.717, 1.165) is 83.5 Å². The summed E-state index contributed by atoms with van der Waals surface area (Å²) in [4.78, 5) is 34.8. The largest absolute Gasteiger partial charge is 0.472 e. The lowest BCUT2D eigenvalue weighted by Gasteiger charge is -2.19. The second-order valence-electron chi connectivity index (χ2n) is 12.7. The molecular weight excluding hydrogens is 713 g/mol. The van der Waals surface area contributed by atoms with Gasteiger partial charge in [-0.3, -0.25) is 18.6 Å². The second kappa shape index (κ2) is 40.3. The highest BCUT2D eigenvalue weighted by Crippen LogP contribution is 2.43. The molecule has 0 fully saturated rings. The van der Waals surface area contributed by atoms with Gasteiger partial charge in [-0.05, 0) is 89.9 Å². The number of carbonyl (C=O) groups excluding carboxylic acids is 2. The van der Waals surface area contributed by atoms with Crippen molar-refractivity contribution in [3.63, 3.8) is 0 Å². The fraction of sp³-hybridized carbons (Fsp3) is 0.556. The Morgan fingerprint density at radius 2 is 0.964 bits per heavy atom. The zero-order valence-electron chi connectivity index (χ0n) is 33.9. The Morgan fingerprint density at radius 1 is 0.545 bits per heavy atom. The number of carbonyl (C=O) groups is 2. The third-order valence-electron chi connectivity index (χ3n) is 7.65. The van der Waals surface area contributed by atoms with Crippen LogP contribution < -0.4 is 5.73 Å². The summed E-state index contributed by atoms with van der Waals surface area (Å²) < 4.78 is 32.6. The van der Waals surface area contributed by atoms with Crippen molar-refractivity contribution in [2.24, 2.45) is 5.73 Å². The molecule has 0 saturated heterocycles. The van der Waals surface area contributed by atoms with Crippen LogP contribution in [0.25, 0.3) is 0 Å². The predicted octanol–water partition coefficient (Wildman–Crippen LogP) is 11.6. The molecule has 3 N–H and O–H groups in total. The van der Waals surface area contributed by atoms with Gasteiger partial charge < -0.3 is 20.1 Å². The van der Waals surface area contributed by atoms with Gasteiger partial charge in [0.15, 0.2) is 6.10 Å². The molecule has 0 aromatic carbocycles. The zero-order chi connectivity index (χ0) is 40.3. The first-order chi connectivity index (χ1) is 26.8. The highest BCUT2D eigenvalue weighted by atomic mass is 31.2. The van der Waals surface area contributed by atoms with Gasteiger partial charge in [0.1, 0.15) is 6.61 Å². The summed E-state index contributed by atoms with van der Waals surface area (Å²) in [6.07, 6.45) is 52.7. The fourth-order valence-corrected chi connectivity index (χ4v) is 5.48. The lowest BCUT2D eigenvalue weighted by atomic mass is 10.1. The van der Waals surface area contributed by atoms with E-state index in [1.54, 1.807) is 0 Å². The number of nitrogens with two attached hydrogens (primary N) is 1. The Kier molecular flexibility index (Phi) is 37.9. The molecule has 2 atom stereocenters. The summed E-state index contributed by atoms with van der Waals surface area (Å²) in [6, 6.07) is 0. The molecule has 55 heavy (non-hydrogen) atoms. The molecule has 0 heterocycles. The van der Waals surface area contributed by atoms with Crippen molar-refractivity contribution in [1.29, 1.82) is 0 Å². The molecule has 310 valence electrons. The maximum Gasteiger partial charge on any atom is 0.472 e. The standard InChI is InChI=1S/C45H72NO8P/c1-3-5-7-9-11-13-15-17-19-21-23-25-27-29-31-33-35-37-44(47)51-41-43(42-53-55(49,50)52-40-39-46)54-45(48)38-36-34-32-30-28-26-24-22-20-18-16-14-12-10-8-6-4-2/h5-8,11-14,17-20,23-26,30,32,43H,3-4,9-10,15-16,21-22,27-29,31,33-42,46H2,1-2H3,(H,49,50)/b7-5-,8-6-,13-11-,14-12-,19-17-,20-18-,25-23-,26-24-,32-30-. The van der Waals surface area contributed by atoms with Crippen molar-refractivity contribution in [1.82, 2.24) is 0 Å². The number of phosphoric acid groups is 1. The van der Waals surface area contributed by atoms with E-state index < -0.39 is 32.5 Å². The molecule has 0 aromatic heterocycles. The minimum Gasteiger partial charge on any atom is -0.462 e. The highest BCUT2D eigenvalue weighted by Gasteiger charge is 2.25. The highest BCUT2D eigenvalue weighted by molar-refractivity contribution is 7.47. The second-order valence-corrected chi connectivity index (χ2v) is 14.2. The maximum atomic E-state index is 12.5. The maximum absolute atomic E-state index is 12.5. The number of rotatable bonds is 36. The first kappa shape index (κ1) is 51.7. The van der Waals surface area contributed by atoms with Gasteiger partial charge in [-0.1, -0.05) is 136 Å². The normalized spacial score (nSPS) is 14.5. The van der Waals surface area contributed by atoms with Crippen molar-refractivity contribution in [2.75, 3.05) is 26.4 Å². The first-order valence-corrected chi connectivity index (χ1v) is 21.9. The van der Waals surface area contributed by atoms with Gasteiger partial charge in [0.05, 0.1) is 13.2 Å². The van der Waals surface area contributed by atoms with E-state index in [1.807, 2.05) is 6.08 Å². The van der Waals surface area contributed by atoms with Crippen molar-refractivity contribution >= 4 is 19.8 Å². The molecule has 10 heteroatoms. The Balaban J connectivity index is 4.36. The topological polar surface area (TPSA) is 134 Å². The van der Waals surface area contributed by atoms with Crippen LogP contribution in [0.15, 0.2) is 109 Å². The van der Waals surface area contributed by atoms with E-state index in [4.69, 9.17) is 24.3 Å². The quantitative estimate of drug-likeness (QED) is 0.0275. The average Bonchev–Trinajstić information content (AvgIpc) is 3.17. The molecule has 0 aliphatic rings. The Hall–Kier alpha value is -3.33. The van der Waals surface area contributed by atoms with Crippen LogP contribution in [0.2, 0.25) is 0 Å². The minimum atomic E-state index is -4.40. The summed E-state index contributed by atoms with van der Waals surface area (Å²) in [6.45, 7) is 3.37. The molecule has 9 nitrogen and oxygen atoms in total. The first-order valence-electron chi connectivity index (χ1n) is 20.4. The number of esters is 2. The van der Waals surface area contributed by atoms with E-state index in [9.17, 15) is 19.0 Å². The summed E-state index contributed by atoms with van der Waals surface area (Å²) in [5.74, 6) is -0.939. The third-order valence-corrected chi connectivity index (χ3v) is 8.64. The summed E-state index contributed by atoms with van der Waals surface area (Å²) >= 11 is 0. The Bertz CT molecular complexity index is 1260. The van der Waals surface area contributed by atoms with E-state index in [1.165, 1.54) is 0 Å². The van der Waals surface area contributed by atoms with Crippen molar-refractivity contribution in [3.8, 4) is 0 Å². The summed E-state index contributed by atoms with van der Waals surface area (Å²) in [5.41, 5.74) is 5.33. The van der Waals surface area contributed by atoms with Crippen LogP contribution in [-0.2, 0) is 32.7 Å². The number of unbranched alkanes of at least 4 members (excludes halogenated alkanes) is 5. The molecule has 0 radical (unpaired) electrons. The fourth-order valence-electron chi connectivity index (χ4n) is 4.72. The average molecular weight is 786 g/mol. The zero-order valence-corrected chi connectivity index (χ0v) is 34.7. The molecule has 0 bridgehead atoms. The summed E-state index contributed by atoms with van der Waals surface area (Å²) in [7, 11) is -4.40. The van der Waals surface area contributed by atoms with Crippen molar-refractivity contribution < 1.29 is 37.6 Å². The van der Waals surface area contributed by atoms with Gasteiger partial charge in [0.2, 0.25) is 0 Å². The van der Waals surface area contributed by atoms with Gasteiger partial charge in [-0.2, -0.15) is 0 Å². The molecule has 0 rings (SSSR count). The Morgan fingerprint density at radius 3 is 1.44 bits per heavy atom. The SMILES string of the molecule is CC/C=C\C/C=C\C/C=C\C/C=C\C/C=C\CCCC(=O)OC(COC(=O)CCCCCC/C=C\C/C=C\C/C=C\C/C=C\CC)COP(=O)(O)OCCN. The van der Waals surface area contributed by atoms with Crippen LogP contribution in [-0.4, -0.2) is 49.3 Å². The number of phosphoric ester groups is 1. The monoisotopic (exact) mass is 785 g/mol. The molecular formula is C45H72NO8P. The lowest BCUT2D eigenvalue weighted by Crippen LogP contribution is -2.29. The molecule has 0 aliphatic heterocycles. The predicted molar refractivity (Wildman–Crippen MR) is 228 cm³/mol. The van der Waals surface area contributed by atoms with Crippen LogP contribution in [0.5, 0.6) is 0 Å². The van der Waals surface area contributed by atoms with Crippen LogP contribution in [0.4, 0.5) is 0 Å². The number of hydrogen-bond donors (Lipinski definition) is 2. The van der Waals surface area contributed by atoms with Gasteiger partial charge in [0, 0.05) is 19.4 Å². The van der Waals surface area contributed by atoms with Crippen molar-refractivity contribution in [2.45, 2.75) is 136 Å². The smallest absolute Gasteiger partial charge is 0.462 e. The molecule has 0 aromatic rings. The van der Waals surface area contributed by atoms with Crippen LogP contribution in [0.3, 0.4) is 0 Å². The lowest BCUT2D eigenvalue weighted by molar-refractivity contribution is -0.161. The molecule has 0 amide bonds. The molecule has 2 unspecified atom stereocenters.